The van der Waals surface area contributed by atoms with E-state index in [4.69, 9.17) is 0 Å². The van der Waals surface area contributed by atoms with Gasteiger partial charge in [-0.05, 0) is 24.3 Å². The molecule has 0 fully saturated rings. The summed E-state index contributed by atoms with van der Waals surface area (Å²) in [6.07, 6.45) is 1.70. The summed E-state index contributed by atoms with van der Waals surface area (Å²) in [5.74, 6) is 0.555. The van der Waals surface area contributed by atoms with Crippen LogP contribution in [0.25, 0.3) is 0 Å². The second-order valence-corrected chi connectivity index (χ2v) is 4.28. The Morgan fingerprint density at radius 1 is 1.21 bits per heavy atom. The molecule has 0 aliphatic heterocycles. The first-order chi connectivity index (χ1) is 9.16. The zero-order chi connectivity index (χ0) is 13.7. The molecule has 0 spiro atoms. The molecule has 1 amide bonds. The van der Waals surface area contributed by atoms with Gasteiger partial charge in [-0.1, -0.05) is 12.1 Å². The van der Waals surface area contributed by atoms with Crippen molar-refractivity contribution in [2.24, 2.45) is 0 Å². The Morgan fingerprint density at radius 2 is 2.05 bits per heavy atom. The lowest BCUT2D eigenvalue weighted by molar-refractivity contribution is 0.0945. The van der Waals surface area contributed by atoms with Crippen LogP contribution in [0.5, 0.6) is 0 Å². The smallest absolute Gasteiger partial charge is 0.270 e. The summed E-state index contributed by atoms with van der Waals surface area (Å²) in [6.45, 7) is 0.396. The molecule has 2 aromatic heterocycles. The van der Waals surface area contributed by atoms with Crippen molar-refractivity contribution in [3.63, 3.8) is 0 Å². The number of nitrogens with zero attached hydrogens (tertiary/aromatic N) is 3. The first kappa shape index (κ1) is 13.0. The number of amides is 1. The molecule has 98 valence electrons. The molecule has 0 atom stereocenters. The van der Waals surface area contributed by atoms with E-state index >= 15 is 0 Å². The van der Waals surface area contributed by atoms with E-state index in [2.05, 4.69) is 15.3 Å². The standard InChI is InChI=1S/C14H16N4O/c1-18(2)13-8-5-7-12(17-13)14(19)16-10-11-6-3-4-9-15-11/h3-9H,10H2,1-2H3,(H,16,19). The number of carbonyl (C=O) groups is 1. The predicted molar refractivity (Wildman–Crippen MR) is 74.0 cm³/mol. The molecule has 0 bridgehead atoms. The van der Waals surface area contributed by atoms with Crippen LogP contribution >= 0.6 is 0 Å². The molecule has 0 saturated carbocycles. The van der Waals surface area contributed by atoms with Crippen molar-refractivity contribution in [1.29, 1.82) is 0 Å². The number of hydrogen-bond acceptors (Lipinski definition) is 4. The van der Waals surface area contributed by atoms with Gasteiger partial charge in [0, 0.05) is 20.3 Å². The van der Waals surface area contributed by atoms with Crippen LogP contribution in [0.1, 0.15) is 16.2 Å². The van der Waals surface area contributed by atoms with Gasteiger partial charge in [-0.2, -0.15) is 0 Å². The van der Waals surface area contributed by atoms with Crippen molar-refractivity contribution in [1.82, 2.24) is 15.3 Å². The second-order valence-electron chi connectivity index (χ2n) is 4.28. The third-order valence-corrected chi connectivity index (χ3v) is 2.58. The van der Waals surface area contributed by atoms with E-state index in [1.54, 1.807) is 12.3 Å². The maximum atomic E-state index is 12.0. The Hall–Kier alpha value is -2.43. The van der Waals surface area contributed by atoms with E-state index in [0.717, 1.165) is 11.5 Å². The zero-order valence-corrected chi connectivity index (χ0v) is 11.0. The molecule has 0 unspecified atom stereocenters. The lowest BCUT2D eigenvalue weighted by atomic mass is 10.3. The van der Waals surface area contributed by atoms with Gasteiger partial charge in [0.25, 0.3) is 5.91 Å². The van der Waals surface area contributed by atoms with Gasteiger partial charge in [0.2, 0.25) is 0 Å². The summed E-state index contributed by atoms with van der Waals surface area (Å²) in [7, 11) is 3.77. The van der Waals surface area contributed by atoms with E-state index in [-0.39, 0.29) is 5.91 Å². The molecule has 19 heavy (non-hydrogen) atoms. The van der Waals surface area contributed by atoms with Gasteiger partial charge in [-0.3, -0.25) is 9.78 Å². The van der Waals surface area contributed by atoms with Gasteiger partial charge < -0.3 is 10.2 Å². The fourth-order valence-corrected chi connectivity index (χ4v) is 1.56. The van der Waals surface area contributed by atoms with Gasteiger partial charge in [-0.25, -0.2) is 4.98 Å². The van der Waals surface area contributed by atoms with Crippen molar-refractivity contribution in [2.75, 3.05) is 19.0 Å². The molecule has 0 saturated heterocycles. The minimum atomic E-state index is -0.200. The summed E-state index contributed by atoms with van der Waals surface area (Å²) in [5, 5.41) is 2.80. The third kappa shape index (κ3) is 3.51. The van der Waals surface area contributed by atoms with Crippen LogP contribution in [0.3, 0.4) is 0 Å². The second kappa shape index (κ2) is 5.95. The molecular weight excluding hydrogens is 240 g/mol. The van der Waals surface area contributed by atoms with Crippen LogP contribution in [-0.4, -0.2) is 30.0 Å². The maximum absolute atomic E-state index is 12.0. The van der Waals surface area contributed by atoms with Crippen LogP contribution in [0.4, 0.5) is 5.82 Å². The Bertz CT molecular complexity index is 554. The van der Waals surface area contributed by atoms with Crippen LogP contribution in [0.15, 0.2) is 42.6 Å². The summed E-state index contributed by atoms with van der Waals surface area (Å²) >= 11 is 0. The number of rotatable bonds is 4. The molecule has 2 aromatic rings. The topological polar surface area (TPSA) is 58.1 Å². The van der Waals surface area contributed by atoms with Gasteiger partial charge in [0.05, 0.1) is 12.2 Å². The van der Waals surface area contributed by atoms with Crippen molar-refractivity contribution in [2.45, 2.75) is 6.54 Å². The van der Waals surface area contributed by atoms with Crippen molar-refractivity contribution in [3.8, 4) is 0 Å². The molecule has 5 heteroatoms. The molecule has 1 N–H and O–H groups in total. The normalized spacial score (nSPS) is 10.0. The fourth-order valence-electron chi connectivity index (χ4n) is 1.56. The summed E-state index contributed by atoms with van der Waals surface area (Å²) in [6, 6.07) is 11.0. The Morgan fingerprint density at radius 3 is 2.74 bits per heavy atom. The Balaban J connectivity index is 2.02. The van der Waals surface area contributed by atoms with Crippen LogP contribution in [0.2, 0.25) is 0 Å². The summed E-state index contributed by atoms with van der Waals surface area (Å²) in [5.41, 5.74) is 1.22. The van der Waals surface area contributed by atoms with Crippen molar-refractivity contribution >= 4 is 11.7 Å². The quantitative estimate of drug-likeness (QED) is 0.900. The number of anilines is 1. The molecular formula is C14H16N4O. The number of carbonyl (C=O) groups excluding carboxylic acids is 1. The first-order valence-corrected chi connectivity index (χ1v) is 5.99. The molecule has 0 aliphatic rings. The summed E-state index contributed by atoms with van der Waals surface area (Å²) < 4.78 is 0. The van der Waals surface area contributed by atoms with E-state index in [9.17, 15) is 4.79 Å². The molecule has 0 aliphatic carbocycles. The number of aromatic nitrogens is 2. The van der Waals surface area contributed by atoms with Crippen molar-refractivity contribution in [3.05, 3.63) is 54.0 Å². The molecule has 0 aromatic carbocycles. The first-order valence-electron chi connectivity index (χ1n) is 5.99. The largest absolute Gasteiger partial charge is 0.363 e. The van der Waals surface area contributed by atoms with Crippen molar-refractivity contribution < 1.29 is 4.79 Å². The van der Waals surface area contributed by atoms with Crippen LogP contribution in [-0.2, 0) is 6.54 Å². The van der Waals surface area contributed by atoms with Gasteiger partial charge in [0.1, 0.15) is 11.5 Å². The highest BCUT2D eigenvalue weighted by Crippen LogP contribution is 2.07. The Labute approximate surface area is 112 Å². The average Bonchev–Trinajstić information content (AvgIpc) is 2.46. The lowest BCUT2D eigenvalue weighted by Gasteiger charge is -2.12. The van der Waals surface area contributed by atoms with Gasteiger partial charge in [-0.15, -0.1) is 0 Å². The number of pyridine rings is 2. The highest BCUT2D eigenvalue weighted by atomic mass is 16.1. The minimum absolute atomic E-state index is 0.200. The van der Waals surface area contributed by atoms with E-state index < -0.39 is 0 Å². The summed E-state index contributed by atoms with van der Waals surface area (Å²) in [4.78, 5) is 22.3. The highest BCUT2D eigenvalue weighted by molar-refractivity contribution is 5.92. The van der Waals surface area contributed by atoms with Gasteiger partial charge in [0.15, 0.2) is 0 Å². The maximum Gasteiger partial charge on any atom is 0.270 e. The molecule has 2 rings (SSSR count). The minimum Gasteiger partial charge on any atom is -0.363 e. The molecule has 0 radical (unpaired) electrons. The lowest BCUT2D eigenvalue weighted by Crippen LogP contribution is -2.25. The zero-order valence-electron chi connectivity index (χ0n) is 11.0. The fraction of sp³-hybridized carbons (Fsp3) is 0.214. The molecule has 5 nitrogen and oxygen atoms in total. The Kier molecular flexibility index (Phi) is 4.07. The van der Waals surface area contributed by atoms with E-state index in [1.807, 2.05) is 49.3 Å². The van der Waals surface area contributed by atoms with Crippen LogP contribution < -0.4 is 10.2 Å². The highest BCUT2D eigenvalue weighted by Gasteiger charge is 2.08. The van der Waals surface area contributed by atoms with Gasteiger partial charge >= 0.3 is 0 Å². The average molecular weight is 256 g/mol. The number of nitrogens with one attached hydrogen (secondary N) is 1. The number of hydrogen-bond donors (Lipinski definition) is 1. The van der Waals surface area contributed by atoms with Crippen LogP contribution in [0, 0.1) is 0 Å². The SMILES string of the molecule is CN(C)c1cccc(C(=O)NCc2ccccn2)n1. The van der Waals surface area contributed by atoms with E-state index in [0.29, 0.717) is 12.2 Å². The molecule has 2 heterocycles. The monoisotopic (exact) mass is 256 g/mol. The predicted octanol–water partition coefficient (Wildman–Crippen LogP) is 1.47. The third-order valence-electron chi connectivity index (χ3n) is 2.58. The van der Waals surface area contributed by atoms with E-state index in [1.165, 1.54) is 0 Å².